The molecule has 0 radical (unpaired) electrons. The van der Waals surface area contributed by atoms with Crippen LogP contribution in [0.4, 0.5) is 0 Å². The fraction of sp³-hybridized carbons (Fsp3) is 0.700. The maximum atomic E-state index is 9.86. The molecule has 1 aromatic rings. The molecule has 124 valence electrons. The molecule has 0 aliphatic rings. The van der Waals surface area contributed by atoms with E-state index in [-0.39, 0.29) is 0 Å². The molecule has 0 saturated heterocycles. The van der Waals surface area contributed by atoms with Gasteiger partial charge in [-0.1, -0.05) is 0 Å². The van der Waals surface area contributed by atoms with Gasteiger partial charge in [0.2, 0.25) is 0 Å². The van der Waals surface area contributed by atoms with Crippen molar-refractivity contribution in [2.45, 2.75) is 33.5 Å². The molecule has 0 fully saturated rings. The van der Waals surface area contributed by atoms with Gasteiger partial charge in [0.15, 0.2) is 0 Å². The van der Waals surface area contributed by atoms with E-state index in [9.17, 15) is 16.8 Å². The third-order valence-electron chi connectivity index (χ3n) is 1.99. The fourth-order valence-electron chi connectivity index (χ4n) is 0.918. The first-order valence-corrected chi connectivity index (χ1v) is 9.91. The van der Waals surface area contributed by atoms with Crippen molar-refractivity contribution in [2.24, 2.45) is 0 Å². The van der Waals surface area contributed by atoms with E-state index >= 15 is 0 Å². The molecule has 1 rings (SSSR count). The average molecular weight is 361 g/mol. The Morgan fingerprint density at radius 2 is 1.67 bits per heavy atom. The second-order valence-corrected chi connectivity index (χ2v) is 8.38. The Labute approximate surface area is 128 Å². The van der Waals surface area contributed by atoms with Gasteiger partial charge in [0.1, 0.15) is 0 Å². The van der Waals surface area contributed by atoms with Crippen LogP contribution in [0.25, 0.3) is 0 Å². The number of hydrogen-bond acceptors (Lipinski definition) is 7. The van der Waals surface area contributed by atoms with Gasteiger partial charge in [0, 0.05) is 0 Å². The van der Waals surface area contributed by atoms with Crippen molar-refractivity contribution in [3.8, 4) is 0 Å². The molecule has 0 saturated carbocycles. The van der Waals surface area contributed by atoms with Crippen molar-refractivity contribution >= 4 is 31.6 Å². The Morgan fingerprint density at radius 3 is 1.95 bits per heavy atom. The summed E-state index contributed by atoms with van der Waals surface area (Å²) in [6.45, 7) is 6.79. The van der Waals surface area contributed by atoms with Crippen LogP contribution >= 0.6 is 11.3 Å². The van der Waals surface area contributed by atoms with Crippen molar-refractivity contribution in [2.75, 3.05) is 11.5 Å². The molecule has 11 heteroatoms. The van der Waals surface area contributed by atoms with Crippen molar-refractivity contribution in [3.05, 3.63) is 16.1 Å². The highest BCUT2D eigenvalue weighted by molar-refractivity contribution is 7.89. The summed E-state index contributed by atoms with van der Waals surface area (Å²) < 4.78 is 60.8. The summed E-state index contributed by atoms with van der Waals surface area (Å²) in [5.74, 6) is -1.96. The molecule has 2 N–H and O–H groups in total. The van der Waals surface area contributed by atoms with Gasteiger partial charge in [0.25, 0.3) is 20.2 Å². The zero-order chi connectivity index (χ0) is 16.7. The lowest BCUT2D eigenvalue weighted by Crippen LogP contribution is -2.15. The van der Waals surface area contributed by atoms with Crippen LogP contribution in [-0.2, 0) is 31.6 Å². The summed E-state index contributed by atoms with van der Waals surface area (Å²) in [7, 11) is -8.59. The molecule has 1 heterocycles. The highest BCUT2D eigenvalue weighted by Gasteiger charge is 2.11. The summed E-state index contributed by atoms with van der Waals surface area (Å²) in [4.78, 5) is 5.37. The SMILES string of the molecule is Cc1ncsc1COC(C)C.O=S(=O)(O)CCS(=O)(=O)O. The van der Waals surface area contributed by atoms with Gasteiger partial charge in [-0.05, 0) is 20.8 Å². The number of rotatable bonds is 6. The van der Waals surface area contributed by atoms with Crippen LogP contribution in [0.3, 0.4) is 0 Å². The third kappa shape index (κ3) is 12.8. The first-order valence-electron chi connectivity index (χ1n) is 5.81. The molecule has 0 aliphatic carbocycles. The Balaban J connectivity index is 0.000000384. The van der Waals surface area contributed by atoms with Crippen molar-refractivity contribution < 1.29 is 30.7 Å². The Kier molecular flexibility index (Phi) is 8.51. The van der Waals surface area contributed by atoms with E-state index in [0.29, 0.717) is 12.7 Å². The van der Waals surface area contributed by atoms with Crippen LogP contribution < -0.4 is 0 Å². The number of thiazole rings is 1. The lowest BCUT2D eigenvalue weighted by molar-refractivity contribution is 0.0671. The summed E-state index contributed by atoms with van der Waals surface area (Å²) in [5, 5.41) is 0. The first kappa shape index (κ1) is 20.4. The molecule has 0 atom stereocenters. The molecular weight excluding hydrogens is 342 g/mol. The smallest absolute Gasteiger partial charge is 0.265 e. The predicted octanol–water partition coefficient (Wildman–Crippen LogP) is 1.14. The molecule has 0 amide bonds. The van der Waals surface area contributed by atoms with Crippen molar-refractivity contribution in [1.82, 2.24) is 4.98 Å². The highest BCUT2D eigenvalue weighted by Crippen LogP contribution is 2.13. The highest BCUT2D eigenvalue weighted by atomic mass is 32.2. The van der Waals surface area contributed by atoms with E-state index in [1.807, 2.05) is 26.3 Å². The normalized spacial score (nSPS) is 12.1. The van der Waals surface area contributed by atoms with Gasteiger partial charge in [-0.3, -0.25) is 9.11 Å². The Bertz CT molecular complexity index is 587. The Morgan fingerprint density at radius 1 is 1.19 bits per heavy atom. The Hall–Kier alpha value is -0.590. The quantitative estimate of drug-likeness (QED) is 0.721. The zero-order valence-electron chi connectivity index (χ0n) is 11.9. The van der Waals surface area contributed by atoms with Gasteiger partial charge < -0.3 is 4.74 Å². The lowest BCUT2D eigenvalue weighted by Gasteiger charge is -2.05. The van der Waals surface area contributed by atoms with E-state index in [0.717, 1.165) is 5.69 Å². The van der Waals surface area contributed by atoms with Crippen LogP contribution in [0.2, 0.25) is 0 Å². The number of ether oxygens (including phenoxy) is 1. The van der Waals surface area contributed by atoms with Gasteiger partial charge in [-0.2, -0.15) is 16.8 Å². The van der Waals surface area contributed by atoms with Crippen LogP contribution in [0, 0.1) is 6.92 Å². The van der Waals surface area contributed by atoms with Crippen molar-refractivity contribution in [3.63, 3.8) is 0 Å². The summed E-state index contributed by atoms with van der Waals surface area (Å²) >= 11 is 1.66. The monoisotopic (exact) mass is 361 g/mol. The van der Waals surface area contributed by atoms with Crippen molar-refractivity contribution in [1.29, 1.82) is 0 Å². The molecule has 0 aliphatic heterocycles. The molecule has 0 unspecified atom stereocenters. The van der Waals surface area contributed by atoms with Crippen LogP contribution in [0.5, 0.6) is 0 Å². The van der Waals surface area contributed by atoms with Crippen LogP contribution in [0.1, 0.15) is 24.4 Å². The van der Waals surface area contributed by atoms with Gasteiger partial charge in [-0.15, -0.1) is 11.3 Å². The second kappa shape index (κ2) is 8.76. The van der Waals surface area contributed by atoms with Gasteiger partial charge in [0.05, 0.1) is 40.3 Å². The average Bonchev–Trinajstić information content (AvgIpc) is 2.69. The largest absolute Gasteiger partial charge is 0.373 e. The molecule has 0 aromatic carbocycles. The summed E-state index contributed by atoms with van der Waals surface area (Å²) in [6, 6.07) is 0. The van der Waals surface area contributed by atoms with Gasteiger partial charge in [-0.25, -0.2) is 4.98 Å². The zero-order valence-corrected chi connectivity index (χ0v) is 14.3. The van der Waals surface area contributed by atoms with E-state index in [1.54, 1.807) is 11.3 Å². The lowest BCUT2D eigenvalue weighted by atomic mass is 10.4. The molecular formula is C10H19NO7S3. The van der Waals surface area contributed by atoms with Crippen LogP contribution in [-0.4, -0.2) is 48.5 Å². The second-order valence-electron chi connectivity index (χ2n) is 4.29. The topological polar surface area (TPSA) is 131 Å². The van der Waals surface area contributed by atoms with E-state index < -0.39 is 31.7 Å². The van der Waals surface area contributed by atoms with E-state index in [4.69, 9.17) is 13.8 Å². The standard InChI is InChI=1S/C8H13NOS.C2H6O6S2/c1-6(2)10-4-8-7(3)9-5-11-8;3-9(4,5)1-2-10(6,7)8/h5-6H,4H2,1-3H3;1-2H2,(H,3,4,5)(H,6,7,8). The molecule has 1 aromatic heterocycles. The molecule has 0 bridgehead atoms. The van der Waals surface area contributed by atoms with Gasteiger partial charge >= 0.3 is 0 Å². The third-order valence-corrected chi connectivity index (χ3v) is 4.60. The minimum Gasteiger partial charge on any atom is -0.373 e. The number of aromatic nitrogens is 1. The predicted molar refractivity (Wildman–Crippen MR) is 79.6 cm³/mol. The number of nitrogens with zero attached hydrogens (tertiary/aromatic N) is 1. The maximum Gasteiger partial charge on any atom is 0.265 e. The fourth-order valence-corrected chi connectivity index (χ4v) is 3.30. The summed E-state index contributed by atoms with van der Waals surface area (Å²) in [6.07, 6.45) is 0.302. The van der Waals surface area contributed by atoms with E-state index in [2.05, 4.69) is 4.98 Å². The summed E-state index contributed by atoms with van der Waals surface area (Å²) in [5.41, 5.74) is 2.95. The van der Waals surface area contributed by atoms with E-state index in [1.165, 1.54) is 4.88 Å². The number of aryl methyl sites for hydroxylation is 1. The number of hydrogen-bond donors (Lipinski definition) is 2. The molecule has 21 heavy (non-hydrogen) atoms. The van der Waals surface area contributed by atoms with Crippen LogP contribution in [0.15, 0.2) is 5.51 Å². The molecule has 0 spiro atoms. The molecule has 8 nitrogen and oxygen atoms in total. The minimum absolute atomic E-state index is 0.302. The maximum absolute atomic E-state index is 9.86. The minimum atomic E-state index is -4.30. The first-order chi connectivity index (χ1) is 9.41.